The zero-order valence-corrected chi connectivity index (χ0v) is 18.6. The Labute approximate surface area is 171 Å². The van der Waals surface area contributed by atoms with Crippen LogP contribution in [0, 0.1) is 0 Å². The van der Waals surface area contributed by atoms with Crippen molar-refractivity contribution in [2.24, 2.45) is 0 Å². The van der Waals surface area contributed by atoms with Gasteiger partial charge in [0.1, 0.15) is 13.2 Å². The van der Waals surface area contributed by atoms with Gasteiger partial charge < -0.3 is 9.47 Å². The molecule has 0 N–H and O–H groups in total. The highest BCUT2D eigenvalue weighted by Crippen LogP contribution is 2.14. The second kappa shape index (κ2) is 15.9. The van der Waals surface area contributed by atoms with Crippen molar-refractivity contribution in [2.45, 2.75) is 80.1 Å². The summed E-state index contributed by atoms with van der Waals surface area (Å²) in [5, 5.41) is 0. The van der Waals surface area contributed by atoms with E-state index in [2.05, 4.69) is 45.9 Å². The molecule has 0 aliphatic rings. The van der Waals surface area contributed by atoms with Crippen LogP contribution in [0.2, 0.25) is 0 Å². The summed E-state index contributed by atoms with van der Waals surface area (Å²) >= 11 is 0. The Hall–Kier alpha value is -2.10. The highest BCUT2D eigenvalue weighted by Gasteiger charge is 2.01. The van der Waals surface area contributed by atoms with Crippen molar-refractivity contribution in [1.82, 2.24) is 0 Å². The van der Waals surface area contributed by atoms with Crippen LogP contribution in [0.3, 0.4) is 0 Å². The Morgan fingerprint density at radius 1 is 0.643 bits per heavy atom. The van der Waals surface area contributed by atoms with Crippen molar-refractivity contribution in [3.63, 3.8) is 0 Å². The van der Waals surface area contributed by atoms with Crippen LogP contribution >= 0.6 is 0 Å². The predicted octanol–water partition coefficient (Wildman–Crippen LogP) is 6.24. The van der Waals surface area contributed by atoms with Gasteiger partial charge in [0.05, 0.1) is 0 Å². The third kappa shape index (κ3) is 17.3. The van der Waals surface area contributed by atoms with Crippen molar-refractivity contribution in [1.29, 1.82) is 0 Å². The summed E-state index contributed by atoms with van der Waals surface area (Å²) in [5.74, 6) is -0.483. The lowest BCUT2D eigenvalue weighted by atomic mass is 10.0. The van der Waals surface area contributed by atoms with Gasteiger partial charge in [0.15, 0.2) is 0 Å². The first-order valence-electron chi connectivity index (χ1n) is 10.1. The summed E-state index contributed by atoms with van der Waals surface area (Å²) in [7, 11) is 0. The molecule has 0 bridgehead atoms. The van der Waals surface area contributed by atoms with Gasteiger partial charge >= 0.3 is 11.9 Å². The quantitative estimate of drug-likeness (QED) is 0.276. The minimum atomic E-state index is -0.248. The van der Waals surface area contributed by atoms with Crippen LogP contribution in [0.25, 0.3) is 0 Å². The zero-order chi connectivity index (χ0) is 21.4. The van der Waals surface area contributed by atoms with Crippen LogP contribution < -0.4 is 0 Å². The second-order valence-electron chi connectivity index (χ2n) is 7.44. The van der Waals surface area contributed by atoms with E-state index in [0.717, 1.165) is 38.5 Å². The normalized spacial score (nSPS) is 12.6. The largest absolute Gasteiger partial charge is 0.462 e. The molecule has 0 unspecified atom stereocenters. The van der Waals surface area contributed by atoms with Gasteiger partial charge in [-0.2, -0.15) is 0 Å². The average Bonchev–Trinajstić information content (AvgIpc) is 2.58. The molecule has 0 heterocycles. The SMILES string of the molecule is CC(=O)OCC=C(C)CCC=C(C)CCC=C(CCC=C(C)C)COC(C)=O. The van der Waals surface area contributed by atoms with Crippen LogP contribution in [0.4, 0.5) is 0 Å². The van der Waals surface area contributed by atoms with E-state index in [9.17, 15) is 9.59 Å². The van der Waals surface area contributed by atoms with Gasteiger partial charge in [-0.25, -0.2) is 0 Å². The molecule has 0 rings (SSSR count). The first-order chi connectivity index (χ1) is 13.2. The molecule has 0 radical (unpaired) electrons. The number of allylic oxidation sites excluding steroid dienone is 6. The highest BCUT2D eigenvalue weighted by atomic mass is 16.5. The maximum Gasteiger partial charge on any atom is 0.302 e. The first-order valence-corrected chi connectivity index (χ1v) is 10.1. The summed E-state index contributed by atoms with van der Waals surface area (Å²) in [6.45, 7) is 12.0. The number of rotatable bonds is 13. The van der Waals surface area contributed by atoms with Crippen LogP contribution in [-0.4, -0.2) is 25.2 Å². The summed E-state index contributed by atoms with van der Waals surface area (Å²) < 4.78 is 10.1. The van der Waals surface area contributed by atoms with Crippen molar-refractivity contribution in [3.05, 3.63) is 46.6 Å². The van der Waals surface area contributed by atoms with E-state index in [1.165, 1.54) is 36.1 Å². The third-order valence-corrected chi connectivity index (χ3v) is 4.20. The third-order valence-electron chi connectivity index (χ3n) is 4.20. The molecule has 0 aromatic heterocycles. The minimum Gasteiger partial charge on any atom is -0.462 e. The minimum absolute atomic E-state index is 0.235. The van der Waals surface area contributed by atoms with E-state index in [1.807, 2.05) is 6.08 Å². The number of esters is 2. The molecule has 4 nitrogen and oxygen atoms in total. The van der Waals surface area contributed by atoms with Gasteiger partial charge in [-0.05, 0) is 77.9 Å². The number of carbonyl (C=O) groups excluding carboxylic acids is 2. The van der Waals surface area contributed by atoms with Crippen LogP contribution in [0.1, 0.15) is 80.1 Å². The number of hydrogen-bond acceptors (Lipinski definition) is 4. The summed E-state index contributed by atoms with van der Waals surface area (Å²) in [6, 6.07) is 0. The van der Waals surface area contributed by atoms with E-state index in [1.54, 1.807) is 0 Å². The van der Waals surface area contributed by atoms with Crippen LogP contribution in [0.15, 0.2) is 46.6 Å². The summed E-state index contributed by atoms with van der Waals surface area (Å²) in [6.07, 6.45) is 14.5. The maximum atomic E-state index is 11.1. The molecule has 4 heteroatoms. The average molecular weight is 391 g/mol. The van der Waals surface area contributed by atoms with Gasteiger partial charge in [0, 0.05) is 13.8 Å². The predicted molar refractivity (Wildman–Crippen MR) is 116 cm³/mol. The molecular formula is C24H38O4. The molecule has 28 heavy (non-hydrogen) atoms. The van der Waals surface area contributed by atoms with E-state index >= 15 is 0 Å². The van der Waals surface area contributed by atoms with Gasteiger partial charge in [-0.3, -0.25) is 9.59 Å². The first kappa shape index (κ1) is 25.9. The fourth-order valence-electron chi connectivity index (χ4n) is 2.53. The lowest BCUT2D eigenvalue weighted by molar-refractivity contribution is -0.140. The van der Waals surface area contributed by atoms with Crippen molar-refractivity contribution in [2.75, 3.05) is 13.2 Å². The van der Waals surface area contributed by atoms with E-state index < -0.39 is 0 Å². The summed E-state index contributed by atoms with van der Waals surface area (Å²) in [4.78, 5) is 21.8. The van der Waals surface area contributed by atoms with E-state index in [0.29, 0.717) is 13.2 Å². The van der Waals surface area contributed by atoms with Gasteiger partial charge in [-0.1, -0.05) is 34.9 Å². The fraction of sp³-hybridized carbons (Fsp3) is 0.583. The Morgan fingerprint density at radius 2 is 1.18 bits per heavy atom. The molecule has 0 saturated carbocycles. The molecule has 0 fully saturated rings. The van der Waals surface area contributed by atoms with E-state index in [-0.39, 0.29) is 11.9 Å². The molecule has 0 saturated heterocycles. The zero-order valence-electron chi connectivity index (χ0n) is 18.6. The van der Waals surface area contributed by atoms with Crippen molar-refractivity contribution >= 4 is 11.9 Å². The van der Waals surface area contributed by atoms with Crippen molar-refractivity contribution < 1.29 is 19.1 Å². The lowest BCUT2D eigenvalue weighted by Gasteiger charge is -2.08. The molecule has 0 spiro atoms. The Bertz CT molecular complexity index is 602. The molecule has 0 aliphatic heterocycles. The molecule has 0 amide bonds. The number of hydrogen-bond donors (Lipinski definition) is 0. The molecule has 0 atom stereocenters. The standard InChI is InChI=1S/C24H38O4/c1-19(2)10-7-14-24(18-28-23(6)26)15-9-13-20(3)11-8-12-21(4)16-17-27-22(5)25/h10-11,15-16H,7-9,12-14,17-18H2,1-6H3. The molecule has 0 aromatic carbocycles. The topological polar surface area (TPSA) is 52.6 Å². The lowest BCUT2D eigenvalue weighted by Crippen LogP contribution is -2.03. The fourth-order valence-corrected chi connectivity index (χ4v) is 2.53. The van der Waals surface area contributed by atoms with Gasteiger partial charge in [0.25, 0.3) is 0 Å². The number of carbonyl (C=O) groups is 2. The molecule has 0 aromatic rings. The Morgan fingerprint density at radius 3 is 1.75 bits per heavy atom. The molecule has 0 aliphatic carbocycles. The van der Waals surface area contributed by atoms with Gasteiger partial charge in [-0.15, -0.1) is 0 Å². The highest BCUT2D eigenvalue weighted by molar-refractivity contribution is 5.66. The summed E-state index contributed by atoms with van der Waals surface area (Å²) in [5.41, 5.74) is 5.08. The van der Waals surface area contributed by atoms with Crippen LogP contribution in [-0.2, 0) is 19.1 Å². The van der Waals surface area contributed by atoms with E-state index in [4.69, 9.17) is 9.47 Å². The Balaban J connectivity index is 4.40. The van der Waals surface area contributed by atoms with Crippen LogP contribution in [0.5, 0.6) is 0 Å². The second-order valence-corrected chi connectivity index (χ2v) is 7.44. The number of ether oxygens (including phenoxy) is 2. The maximum absolute atomic E-state index is 11.1. The molecular weight excluding hydrogens is 352 g/mol. The Kier molecular flexibility index (Phi) is 14.7. The van der Waals surface area contributed by atoms with Gasteiger partial charge in [0.2, 0.25) is 0 Å². The van der Waals surface area contributed by atoms with Crippen molar-refractivity contribution in [3.8, 4) is 0 Å². The monoisotopic (exact) mass is 390 g/mol. The molecule has 158 valence electrons. The smallest absolute Gasteiger partial charge is 0.302 e.